The number of hydrogen-bond donors (Lipinski definition) is 2. The Labute approximate surface area is 137 Å². The van der Waals surface area contributed by atoms with Crippen LogP contribution in [-0.4, -0.2) is 23.6 Å². The van der Waals surface area contributed by atoms with Crippen molar-refractivity contribution in [1.82, 2.24) is 0 Å². The van der Waals surface area contributed by atoms with Crippen molar-refractivity contribution in [2.45, 2.75) is 19.3 Å². The Morgan fingerprint density at radius 3 is 2.65 bits per heavy atom. The molecule has 1 aromatic carbocycles. The van der Waals surface area contributed by atoms with Crippen LogP contribution in [-0.2, 0) is 9.59 Å². The van der Waals surface area contributed by atoms with Crippen molar-refractivity contribution in [3.63, 3.8) is 0 Å². The lowest BCUT2D eigenvalue weighted by Crippen LogP contribution is -2.14. The minimum Gasteiger partial charge on any atom is -0.482 e. The van der Waals surface area contributed by atoms with Gasteiger partial charge in [0.1, 0.15) is 5.75 Å². The standard InChI is InChI=1S/C17H17NO4S/c1-10-6-7-23-16(10)13-8-14(13)17(21)18-11-2-4-12(5-3-11)22-9-15(19)20/h2-7,13-14H,8-9H2,1H3,(H,18,21)(H,19,20). The van der Waals surface area contributed by atoms with E-state index >= 15 is 0 Å². The highest BCUT2D eigenvalue weighted by Crippen LogP contribution is 2.50. The number of benzene rings is 1. The average Bonchev–Trinajstić information content (AvgIpc) is 3.21. The first kappa shape index (κ1) is 15.6. The molecule has 2 atom stereocenters. The lowest BCUT2D eigenvalue weighted by Gasteiger charge is -2.07. The first-order chi connectivity index (χ1) is 11.0. The zero-order chi connectivity index (χ0) is 16.4. The summed E-state index contributed by atoms with van der Waals surface area (Å²) in [6, 6.07) is 8.80. The molecule has 1 saturated carbocycles. The Balaban J connectivity index is 1.55. The molecule has 2 N–H and O–H groups in total. The van der Waals surface area contributed by atoms with Crippen molar-refractivity contribution in [1.29, 1.82) is 0 Å². The van der Waals surface area contributed by atoms with Crippen molar-refractivity contribution < 1.29 is 19.4 Å². The summed E-state index contributed by atoms with van der Waals surface area (Å²) in [4.78, 5) is 24.0. The molecule has 6 heteroatoms. The molecule has 2 aromatic rings. The summed E-state index contributed by atoms with van der Waals surface area (Å²) in [6.07, 6.45) is 0.896. The van der Waals surface area contributed by atoms with E-state index in [1.807, 2.05) is 0 Å². The van der Waals surface area contributed by atoms with Crippen molar-refractivity contribution in [3.05, 3.63) is 46.2 Å². The fourth-order valence-corrected chi connectivity index (χ4v) is 3.66. The SMILES string of the molecule is Cc1ccsc1C1CC1C(=O)Nc1ccc(OCC(=O)O)cc1. The predicted octanol–water partition coefficient (Wildman–Crippen LogP) is 3.26. The van der Waals surface area contributed by atoms with Crippen LogP contribution < -0.4 is 10.1 Å². The van der Waals surface area contributed by atoms with E-state index in [1.165, 1.54) is 10.4 Å². The van der Waals surface area contributed by atoms with Gasteiger partial charge < -0.3 is 15.2 Å². The molecule has 0 bridgehead atoms. The maximum atomic E-state index is 12.3. The molecule has 3 rings (SSSR count). The highest BCUT2D eigenvalue weighted by atomic mass is 32.1. The molecule has 1 amide bonds. The van der Waals surface area contributed by atoms with Crippen LogP contribution in [0.25, 0.3) is 0 Å². The summed E-state index contributed by atoms with van der Waals surface area (Å²) in [5.41, 5.74) is 1.95. The first-order valence-corrected chi connectivity index (χ1v) is 8.22. The van der Waals surface area contributed by atoms with Gasteiger partial charge in [-0.3, -0.25) is 4.79 Å². The van der Waals surface area contributed by atoms with Gasteiger partial charge in [-0.25, -0.2) is 4.79 Å². The highest BCUT2D eigenvalue weighted by molar-refractivity contribution is 7.10. The Morgan fingerprint density at radius 1 is 1.30 bits per heavy atom. The second kappa shape index (κ2) is 6.42. The summed E-state index contributed by atoms with van der Waals surface area (Å²) in [7, 11) is 0. The van der Waals surface area contributed by atoms with E-state index in [0.29, 0.717) is 17.4 Å². The van der Waals surface area contributed by atoms with Gasteiger partial charge in [0.25, 0.3) is 0 Å². The van der Waals surface area contributed by atoms with Gasteiger partial charge in [-0.05, 0) is 54.6 Å². The minimum absolute atomic E-state index is 0.0296. The van der Waals surface area contributed by atoms with Crippen LogP contribution in [0.1, 0.15) is 22.8 Å². The van der Waals surface area contributed by atoms with E-state index in [0.717, 1.165) is 6.42 Å². The maximum absolute atomic E-state index is 12.3. The number of nitrogens with one attached hydrogen (secondary N) is 1. The summed E-state index contributed by atoms with van der Waals surface area (Å²) >= 11 is 1.71. The Hall–Kier alpha value is -2.34. The molecular weight excluding hydrogens is 314 g/mol. The predicted molar refractivity (Wildman–Crippen MR) is 88.1 cm³/mol. The molecular formula is C17H17NO4S. The maximum Gasteiger partial charge on any atom is 0.341 e. The number of ether oxygens (including phenoxy) is 1. The van der Waals surface area contributed by atoms with Gasteiger partial charge in [-0.15, -0.1) is 11.3 Å². The number of aliphatic carboxylic acids is 1. The normalized spacial score (nSPS) is 19.2. The number of hydrogen-bond acceptors (Lipinski definition) is 4. The highest BCUT2D eigenvalue weighted by Gasteiger charge is 2.45. The third kappa shape index (κ3) is 3.71. The topological polar surface area (TPSA) is 75.6 Å². The minimum atomic E-state index is -1.02. The van der Waals surface area contributed by atoms with Crippen LogP contribution in [0.3, 0.4) is 0 Å². The van der Waals surface area contributed by atoms with Gasteiger partial charge in [-0.2, -0.15) is 0 Å². The summed E-state index contributed by atoms with van der Waals surface area (Å²) in [5.74, 6) is -0.152. The first-order valence-electron chi connectivity index (χ1n) is 7.34. The largest absolute Gasteiger partial charge is 0.482 e. The molecule has 1 aromatic heterocycles. The monoisotopic (exact) mass is 331 g/mol. The number of carbonyl (C=O) groups excluding carboxylic acids is 1. The molecule has 1 heterocycles. The number of rotatable bonds is 6. The van der Waals surface area contributed by atoms with Crippen molar-refractivity contribution in [2.75, 3.05) is 11.9 Å². The lowest BCUT2D eigenvalue weighted by atomic mass is 10.2. The van der Waals surface area contributed by atoms with Crippen molar-refractivity contribution in [3.8, 4) is 5.75 Å². The smallest absolute Gasteiger partial charge is 0.341 e. The number of carboxylic acids is 1. The van der Waals surface area contributed by atoms with Crippen molar-refractivity contribution in [2.24, 2.45) is 5.92 Å². The van der Waals surface area contributed by atoms with Crippen LogP contribution in [0.4, 0.5) is 5.69 Å². The van der Waals surface area contributed by atoms with E-state index in [9.17, 15) is 9.59 Å². The number of anilines is 1. The Morgan fingerprint density at radius 2 is 2.04 bits per heavy atom. The number of carbonyl (C=O) groups is 2. The molecule has 1 aliphatic carbocycles. The van der Waals surface area contributed by atoms with Crippen LogP contribution in [0.15, 0.2) is 35.7 Å². The van der Waals surface area contributed by atoms with Crippen LogP contribution >= 0.6 is 11.3 Å². The van der Waals surface area contributed by atoms with Gasteiger partial charge in [-0.1, -0.05) is 0 Å². The third-order valence-corrected chi connectivity index (χ3v) is 5.00. The van der Waals surface area contributed by atoms with E-state index in [1.54, 1.807) is 35.6 Å². The molecule has 1 aliphatic rings. The second-order valence-electron chi connectivity index (χ2n) is 5.61. The Bertz CT molecular complexity index is 722. The summed E-state index contributed by atoms with van der Waals surface area (Å²) < 4.78 is 5.06. The molecule has 23 heavy (non-hydrogen) atoms. The third-order valence-electron chi connectivity index (χ3n) is 3.85. The molecule has 5 nitrogen and oxygen atoms in total. The van der Waals surface area contributed by atoms with Gasteiger partial charge >= 0.3 is 5.97 Å². The van der Waals surface area contributed by atoms with Crippen molar-refractivity contribution >= 4 is 28.9 Å². The fraction of sp³-hybridized carbons (Fsp3) is 0.294. The van der Waals surface area contributed by atoms with E-state index in [2.05, 4.69) is 23.7 Å². The molecule has 0 saturated heterocycles. The molecule has 0 spiro atoms. The zero-order valence-electron chi connectivity index (χ0n) is 12.6. The van der Waals surface area contributed by atoms with E-state index < -0.39 is 5.97 Å². The number of amides is 1. The average molecular weight is 331 g/mol. The number of aryl methyl sites for hydroxylation is 1. The molecule has 0 aliphatic heterocycles. The van der Waals surface area contributed by atoms with Crippen LogP contribution in [0.5, 0.6) is 5.75 Å². The van der Waals surface area contributed by atoms with E-state index in [-0.39, 0.29) is 18.4 Å². The summed E-state index contributed by atoms with van der Waals surface area (Å²) in [5, 5.41) is 13.5. The molecule has 120 valence electrons. The van der Waals surface area contributed by atoms with Crippen LogP contribution in [0, 0.1) is 12.8 Å². The second-order valence-corrected chi connectivity index (χ2v) is 6.56. The molecule has 1 fully saturated rings. The fourth-order valence-electron chi connectivity index (χ4n) is 2.55. The Kier molecular flexibility index (Phi) is 4.34. The van der Waals surface area contributed by atoms with Gasteiger partial charge in [0.2, 0.25) is 5.91 Å². The quantitative estimate of drug-likeness (QED) is 0.852. The zero-order valence-corrected chi connectivity index (χ0v) is 13.4. The number of carboxylic acid groups (broad SMARTS) is 1. The molecule has 2 unspecified atom stereocenters. The van der Waals surface area contributed by atoms with Crippen LogP contribution in [0.2, 0.25) is 0 Å². The summed E-state index contributed by atoms with van der Waals surface area (Å²) in [6.45, 7) is 1.70. The molecule has 0 radical (unpaired) electrons. The number of thiophene rings is 1. The lowest BCUT2D eigenvalue weighted by molar-refractivity contribution is -0.139. The van der Waals surface area contributed by atoms with Gasteiger partial charge in [0.15, 0.2) is 6.61 Å². The van der Waals surface area contributed by atoms with E-state index in [4.69, 9.17) is 9.84 Å². The van der Waals surface area contributed by atoms with Gasteiger partial charge in [0, 0.05) is 22.4 Å². The van der Waals surface area contributed by atoms with Gasteiger partial charge in [0.05, 0.1) is 0 Å².